The van der Waals surface area contributed by atoms with Gasteiger partial charge in [-0.2, -0.15) is 11.8 Å². The molecule has 2 rings (SSSR count). The first-order valence-electron chi connectivity index (χ1n) is 5.22. The quantitative estimate of drug-likeness (QED) is 0.873. The molecular formula is C12H14O3S. The van der Waals surface area contributed by atoms with Gasteiger partial charge in [-0.3, -0.25) is 0 Å². The fraction of sp³-hybridized carbons (Fsp3) is 0.417. The van der Waals surface area contributed by atoms with Crippen molar-refractivity contribution in [3.8, 4) is 0 Å². The summed E-state index contributed by atoms with van der Waals surface area (Å²) in [6.45, 7) is 0.369. The summed E-state index contributed by atoms with van der Waals surface area (Å²) in [6.07, 6.45) is 0.597. The molecule has 1 heterocycles. The Morgan fingerprint density at radius 3 is 2.75 bits per heavy atom. The Labute approximate surface area is 98.8 Å². The van der Waals surface area contributed by atoms with Gasteiger partial charge in [0, 0.05) is 5.75 Å². The van der Waals surface area contributed by atoms with E-state index in [2.05, 4.69) is 0 Å². The molecular weight excluding hydrogens is 224 g/mol. The van der Waals surface area contributed by atoms with Gasteiger partial charge in [-0.1, -0.05) is 30.3 Å². The van der Waals surface area contributed by atoms with Crippen molar-refractivity contribution >= 4 is 17.7 Å². The van der Waals surface area contributed by atoms with E-state index in [4.69, 9.17) is 4.74 Å². The second-order valence-electron chi connectivity index (χ2n) is 3.88. The smallest absolute Gasteiger partial charge is 0.336 e. The topological polar surface area (TPSA) is 46.5 Å². The van der Waals surface area contributed by atoms with Crippen molar-refractivity contribution in [2.24, 2.45) is 0 Å². The van der Waals surface area contributed by atoms with Gasteiger partial charge in [0.15, 0.2) is 5.60 Å². The maximum absolute atomic E-state index is 11.2. The second kappa shape index (κ2) is 4.89. The summed E-state index contributed by atoms with van der Waals surface area (Å²) in [5, 5.41) is 9.20. The van der Waals surface area contributed by atoms with Gasteiger partial charge < -0.3 is 9.84 Å². The largest absolute Gasteiger partial charge is 0.479 e. The maximum Gasteiger partial charge on any atom is 0.336 e. The number of ether oxygens (including phenoxy) is 1. The summed E-state index contributed by atoms with van der Waals surface area (Å²) in [6, 6.07) is 9.67. The molecule has 0 amide bonds. The van der Waals surface area contributed by atoms with Gasteiger partial charge >= 0.3 is 5.97 Å². The van der Waals surface area contributed by atoms with Crippen LogP contribution in [0.4, 0.5) is 0 Å². The van der Waals surface area contributed by atoms with Crippen LogP contribution in [0.25, 0.3) is 0 Å². The van der Waals surface area contributed by atoms with E-state index in [1.54, 1.807) is 11.8 Å². The highest BCUT2D eigenvalue weighted by Gasteiger charge is 2.43. The third kappa shape index (κ3) is 2.39. The molecule has 1 fully saturated rings. The van der Waals surface area contributed by atoms with Crippen molar-refractivity contribution in [3.63, 3.8) is 0 Å². The molecule has 0 radical (unpaired) electrons. The Morgan fingerprint density at radius 1 is 1.44 bits per heavy atom. The van der Waals surface area contributed by atoms with Gasteiger partial charge in [-0.25, -0.2) is 4.79 Å². The number of carboxylic acids is 1. The van der Waals surface area contributed by atoms with Crippen LogP contribution in [0.5, 0.6) is 0 Å². The van der Waals surface area contributed by atoms with Crippen LogP contribution >= 0.6 is 11.8 Å². The Bertz CT molecular complexity index is 358. The van der Waals surface area contributed by atoms with E-state index in [9.17, 15) is 9.90 Å². The highest BCUT2D eigenvalue weighted by Crippen LogP contribution is 2.32. The molecule has 0 bridgehead atoms. The zero-order valence-electron chi connectivity index (χ0n) is 8.89. The summed E-state index contributed by atoms with van der Waals surface area (Å²) in [7, 11) is 0. The van der Waals surface area contributed by atoms with Crippen molar-refractivity contribution in [1.29, 1.82) is 0 Å². The molecule has 1 unspecified atom stereocenters. The lowest BCUT2D eigenvalue weighted by Gasteiger charge is -2.23. The zero-order valence-corrected chi connectivity index (χ0v) is 9.70. The summed E-state index contributed by atoms with van der Waals surface area (Å²) >= 11 is 1.64. The molecule has 1 aliphatic heterocycles. The van der Waals surface area contributed by atoms with Crippen molar-refractivity contribution in [2.75, 3.05) is 11.5 Å². The van der Waals surface area contributed by atoms with Crippen molar-refractivity contribution in [3.05, 3.63) is 35.9 Å². The minimum absolute atomic E-state index is 0.369. The Morgan fingerprint density at radius 2 is 2.19 bits per heavy atom. The minimum atomic E-state index is -0.972. The first-order chi connectivity index (χ1) is 7.73. The van der Waals surface area contributed by atoms with Crippen LogP contribution in [0.15, 0.2) is 30.3 Å². The SMILES string of the molecule is O=C(O)C1(OCc2ccccc2)CCSC1. The third-order valence-corrected chi connectivity index (χ3v) is 3.90. The van der Waals surface area contributed by atoms with Crippen molar-refractivity contribution in [1.82, 2.24) is 0 Å². The van der Waals surface area contributed by atoms with Crippen molar-refractivity contribution in [2.45, 2.75) is 18.6 Å². The van der Waals surface area contributed by atoms with E-state index in [1.165, 1.54) is 0 Å². The molecule has 1 aliphatic rings. The summed E-state index contributed by atoms with van der Waals surface area (Å²) in [5.41, 5.74) is 0.0422. The number of hydrogen-bond donors (Lipinski definition) is 1. The van der Waals surface area contributed by atoms with E-state index in [0.29, 0.717) is 18.8 Å². The average molecular weight is 238 g/mol. The number of aliphatic carboxylic acids is 1. The van der Waals surface area contributed by atoms with E-state index in [0.717, 1.165) is 11.3 Å². The number of thioether (sulfide) groups is 1. The summed E-state index contributed by atoms with van der Waals surface area (Å²) in [5.74, 6) is 0.574. The molecule has 86 valence electrons. The van der Waals surface area contributed by atoms with E-state index in [-0.39, 0.29) is 0 Å². The molecule has 0 aliphatic carbocycles. The van der Waals surface area contributed by atoms with Crippen LogP contribution in [0.2, 0.25) is 0 Å². The highest BCUT2D eigenvalue weighted by atomic mass is 32.2. The standard InChI is InChI=1S/C12H14O3S/c13-11(14)12(6-7-16-9-12)15-8-10-4-2-1-3-5-10/h1-5H,6-9H2,(H,13,14). The van der Waals surface area contributed by atoms with Crippen molar-refractivity contribution < 1.29 is 14.6 Å². The fourth-order valence-corrected chi connectivity index (χ4v) is 2.99. The molecule has 0 saturated carbocycles. The fourth-order valence-electron chi connectivity index (χ4n) is 1.69. The van der Waals surface area contributed by atoms with E-state index in [1.807, 2.05) is 30.3 Å². The second-order valence-corrected chi connectivity index (χ2v) is 4.98. The van der Waals surface area contributed by atoms with Crippen LogP contribution in [0.3, 0.4) is 0 Å². The van der Waals surface area contributed by atoms with Crippen LogP contribution in [0.1, 0.15) is 12.0 Å². The predicted molar refractivity (Wildman–Crippen MR) is 63.5 cm³/mol. The zero-order chi connectivity index (χ0) is 11.4. The molecule has 4 heteroatoms. The van der Waals surface area contributed by atoms with Crippen LogP contribution in [0, 0.1) is 0 Å². The molecule has 1 N–H and O–H groups in total. The van der Waals surface area contributed by atoms with E-state index < -0.39 is 11.6 Å². The Balaban J connectivity index is 2.00. The molecule has 1 saturated heterocycles. The first-order valence-corrected chi connectivity index (χ1v) is 6.37. The van der Waals surface area contributed by atoms with Gasteiger partial charge in [-0.15, -0.1) is 0 Å². The highest BCUT2D eigenvalue weighted by molar-refractivity contribution is 7.99. The van der Waals surface area contributed by atoms with Crippen LogP contribution in [-0.2, 0) is 16.1 Å². The number of rotatable bonds is 4. The molecule has 16 heavy (non-hydrogen) atoms. The number of carbonyl (C=O) groups is 1. The minimum Gasteiger partial charge on any atom is -0.479 e. The summed E-state index contributed by atoms with van der Waals surface area (Å²) in [4.78, 5) is 11.2. The predicted octanol–water partition coefficient (Wildman–Crippen LogP) is 2.16. The maximum atomic E-state index is 11.2. The molecule has 0 aromatic heterocycles. The van der Waals surface area contributed by atoms with Crippen LogP contribution in [-0.4, -0.2) is 28.2 Å². The summed E-state index contributed by atoms with van der Waals surface area (Å²) < 4.78 is 5.62. The Kier molecular flexibility index (Phi) is 3.51. The van der Waals surface area contributed by atoms with Gasteiger partial charge in [0.2, 0.25) is 0 Å². The van der Waals surface area contributed by atoms with Crippen LogP contribution < -0.4 is 0 Å². The molecule has 0 spiro atoms. The van der Waals surface area contributed by atoms with Gasteiger partial charge in [0.05, 0.1) is 6.61 Å². The molecule has 1 aromatic carbocycles. The normalized spacial score (nSPS) is 24.5. The van der Waals surface area contributed by atoms with Gasteiger partial charge in [-0.05, 0) is 17.7 Å². The van der Waals surface area contributed by atoms with Gasteiger partial charge in [0.25, 0.3) is 0 Å². The molecule has 1 atom stereocenters. The average Bonchev–Trinajstić information content (AvgIpc) is 2.78. The van der Waals surface area contributed by atoms with E-state index >= 15 is 0 Å². The number of benzene rings is 1. The molecule has 3 nitrogen and oxygen atoms in total. The lowest BCUT2D eigenvalue weighted by atomic mass is 10.0. The van der Waals surface area contributed by atoms with Gasteiger partial charge in [0.1, 0.15) is 0 Å². The number of carboxylic acid groups (broad SMARTS) is 1. The first kappa shape index (κ1) is 11.5. The lowest BCUT2D eigenvalue weighted by molar-refractivity contribution is -0.164. The lowest BCUT2D eigenvalue weighted by Crippen LogP contribution is -2.41. The monoisotopic (exact) mass is 238 g/mol. The molecule has 1 aromatic rings. The third-order valence-electron chi connectivity index (χ3n) is 2.73. The Hall–Kier alpha value is -1.00. The number of hydrogen-bond acceptors (Lipinski definition) is 3.